The number of aryl methyl sites for hydroxylation is 1. The van der Waals surface area contributed by atoms with Crippen molar-refractivity contribution in [1.29, 1.82) is 0 Å². The molecule has 1 aliphatic carbocycles. The quantitative estimate of drug-likeness (QED) is 0.317. The molecule has 3 N–H and O–H groups in total. The summed E-state index contributed by atoms with van der Waals surface area (Å²) in [5, 5.41) is 8.34. The van der Waals surface area contributed by atoms with Crippen molar-refractivity contribution in [2.75, 3.05) is 11.0 Å². The van der Waals surface area contributed by atoms with Gasteiger partial charge in [0.15, 0.2) is 5.65 Å². The van der Waals surface area contributed by atoms with E-state index >= 15 is 0 Å². The van der Waals surface area contributed by atoms with E-state index in [0.29, 0.717) is 11.3 Å². The van der Waals surface area contributed by atoms with Crippen LogP contribution in [0.5, 0.6) is 0 Å². The summed E-state index contributed by atoms with van der Waals surface area (Å²) in [4.78, 5) is 12.2. The number of benzene rings is 1. The fourth-order valence-corrected chi connectivity index (χ4v) is 5.11. The Labute approximate surface area is 206 Å². The van der Waals surface area contributed by atoms with Gasteiger partial charge in [-0.3, -0.25) is 14.8 Å². The van der Waals surface area contributed by atoms with Gasteiger partial charge in [-0.2, -0.15) is 5.10 Å². The number of hydrogen-bond acceptors (Lipinski definition) is 5. The van der Waals surface area contributed by atoms with Crippen LogP contribution in [0.15, 0.2) is 67.1 Å². The van der Waals surface area contributed by atoms with E-state index < -0.39 is 10.0 Å². The molecule has 10 heteroatoms. The molecular formula is C26H21FN6O2S. The largest absolute Gasteiger partial charge is 0.357 e. The smallest absolute Gasteiger partial charge is 0.229 e. The second kappa shape index (κ2) is 8.42. The van der Waals surface area contributed by atoms with Crippen molar-refractivity contribution in [3.05, 3.63) is 89.8 Å². The van der Waals surface area contributed by atoms with Crippen LogP contribution in [-0.4, -0.2) is 39.8 Å². The van der Waals surface area contributed by atoms with Crippen molar-refractivity contribution in [2.24, 2.45) is 0 Å². The van der Waals surface area contributed by atoms with Gasteiger partial charge in [0.2, 0.25) is 10.0 Å². The Bertz CT molecular complexity index is 1750. The highest BCUT2D eigenvalue weighted by Gasteiger charge is 2.20. The second-order valence-electron chi connectivity index (χ2n) is 8.77. The summed E-state index contributed by atoms with van der Waals surface area (Å²) in [6.45, 7) is 0. The van der Waals surface area contributed by atoms with Crippen LogP contribution in [-0.2, 0) is 16.4 Å². The van der Waals surface area contributed by atoms with E-state index in [1.54, 1.807) is 30.6 Å². The molecule has 1 aliphatic rings. The number of halogens is 1. The maximum atomic E-state index is 13.5. The maximum Gasteiger partial charge on any atom is 0.229 e. The van der Waals surface area contributed by atoms with Gasteiger partial charge in [-0.15, -0.1) is 0 Å². The molecule has 0 saturated heterocycles. The molecule has 0 fully saturated rings. The molecule has 0 aliphatic heterocycles. The average molecular weight is 501 g/mol. The topological polar surface area (TPSA) is 116 Å². The zero-order valence-electron chi connectivity index (χ0n) is 19.2. The van der Waals surface area contributed by atoms with Crippen molar-refractivity contribution in [3.63, 3.8) is 0 Å². The van der Waals surface area contributed by atoms with Crippen LogP contribution in [0, 0.1) is 5.82 Å². The van der Waals surface area contributed by atoms with Crippen molar-refractivity contribution in [1.82, 2.24) is 25.1 Å². The zero-order chi connectivity index (χ0) is 24.9. The third-order valence-electron chi connectivity index (χ3n) is 6.13. The lowest BCUT2D eigenvalue weighted by atomic mass is 9.91. The number of pyridine rings is 2. The highest BCUT2D eigenvalue weighted by atomic mass is 32.2. The number of rotatable bonds is 5. The lowest BCUT2D eigenvalue weighted by Gasteiger charge is -2.14. The van der Waals surface area contributed by atoms with Crippen molar-refractivity contribution < 1.29 is 12.8 Å². The Kier molecular flexibility index (Phi) is 5.18. The van der Waals surface area contributed by atoms with Gasteiger partial charge >= 0.3 is 0 Å². The van der Waals surface area contributed by atoms with Crippen LogP contribution in [0.3, 0.4) is 0 Å². The molecule has 36 heavy (non-hydrogen) atoms. The number of sulfonamides is 1. The normalized spacial score (nSPS) is 13.4. The van der Waals surface area contributed by atoms with Crippen LogP contribution >= 0.6 is 0 Å². The summed E-state index contributed by atoms with van der Waals surface area (Å²) in [6.07, 6.45) is 9.84. The molecule has 8 nitrogen and oxygen atoms in total. The number of allylic oxidation sites excluding steroid dienone is 1. The van der Waals surface area contributed by atoms with Gasteiger partial charge in [-0.25, -0.2) is 17.8 Å². The molecule has 0 saturated carbocycles. The first-order valence-electron chi connectivity index (χ1n) is 11.3. The van der Waals surface area contributed by atoms with Crippen LogP contribution in [0.1, 0.15) is 23.2 Å². The average Bonchev–Trinajstić information content (AvgIpc) is 3.47. The molecule has 6 rings (SSSR count). The number of fused-ring (bicyclic) bond motifs is 2. The van der Waals surface area contributed by atoms with Gasteiger partial charge in [0.1, 0.15) is 11.5 Å². The van der Waals surface area contributed by atoms with Gasteiger partial charge in [0.25, 0.3) is 0 Å². The van der Waals surface area contributed by atoms with Crippen LogP contribution < -0.4 is 4.72 Å². The van der Waals surface area contributed by atoms with E-state index in [9.17, 15) is 12.8 Å². The lowest BCUT2D eigenvalue weighted by molar-refractivity contribution is 0.606. The predicted octanol–water partition coefficient (Wildman–Crippen LogP) is 4.90. The Hall–Kier alpha value is -4.31. The molecule has 0 bridgehead atoms. The Balaban J connectivity index is 1.40. The fourth-order valence-electron chi connectivity index (χ4n) is 4.57. The second-order valence-corrected chi connectivity index (χ2v) is 10.5. The molecule has 4 aromatic heterocycles. The van der Waals surface area contributed by atoms with Crippen LogP contribution in [0.25, 0.3) is 39.1 Å². The molecule has 0 atom stereocenters. The Morgan fingerprint density at radius 2 is 1.81 bits per heavy atom. The van der Waals surface area contributed by atoms with Gasteiger partial charge in [-0.1, -0.05) is 18.2 Å². The van der Waals surface area contributed by atoms with E-state index in [1.165, 1.54) is 18.3 Å². The highest BCUT2D eigenvalue weighted by molar-refractivity contribution is 7.92. The zero-order valence-corrected chi connectivity index (χ0v) is 20.0. The summed E-state index contributed by atoms with van der Waals surface area (Å²) >= 11 is 0. The molecule has 0 amide bonds. The first kappa shape index (κ1) is 22.2. The van der Waals surface area contributed by atoms with Gasteiger partial charge in [-0.05, 0) is 54.3 Å². The monoisotopic (exact) mass is 500 g/mol. The number of nitrogens with one attached hydrogen (secondary N) is 3. The molecular weight excluding hydrogens is 479 g/mol. The van der Waals surface area contributed by atoms with E-state index in [0.717, 1.165) is 69.4 Å². The van der Waals surface area contributed by atoms with Gasteiger partial charge in [0.05, 0.1) is 23.8 Å². The summed E-state index contributed by atoms with van der Waals surface area (Å²) < 4.78 is 39.1. The summed E-state index contributed by atoms with van der Waals surface area (Å²) in [6, 6.07) is 12.3. The van der Waals surface area contributed by atoms with Crippen molar-refractivity contribution in [2.45, 2.75) is 12.8 Å². The summed E-state index contributed by atoms with van der Waals surface area (Å²) in [5.74, 6) is -0.260. The predicted molar refractivity (Wildman–Crippen MR) is 137 cm³/mol. The standard InChI is InChI=1S/C26H21FN6O2S/c1-36(34,35)33-19-9-16(12-28-14-19)17-10-22-25(31-32-26(22)29-13-17)24-11-21-20(3-2-4-23(21)30-24)15-5-7-18(27)8-6-15/h3,5-14,30,33H,2,4H2,1H3,(H,29,31,32). The van der Waals surface area contributed by atoms with Gasteiger partial charge < -0.3 is 4.98 Å². The van der Waals surface area contributed by atoms with Crippen molar-refractivity contribution in [3.8, 4) is 22.5 Å². The molecule has 0 spiro atoms. The molecule has 1 aromatic carbocycles. The number of hydrogen-bond donors (Lipinski definition) is 3. The van der Waals surface area contributed by atoms with Crippen LogP contribution in [0.2, 0.25) is 0 Å². The molecule has 180 valence electrons. The molecule has 4 heterocycles. The first-order chi connectivity index (χ1) is 17.3. The molecule has 5 aromatic rings. The maximum absolute atomic E-state index is 13.5. The number of aromatic amines is 2. The number of H-pyrrole nitrogens is 2. The number of nitrogens with zero attached hydrogens (tertiary/aromatic N) is 3. The third kappa shape index (κ3) is 4.16. The minimum absolute atomic E-state index is 0.260. The van der Waals surface area contributed by atoms with E-state index in [2.05, 4.69) is 42.0 Å². The Morgan fingerprint density at radius 1 is 1.00 bits per heavy atom. The lowest BCUT2D eigenvalue weighted by Crippen LogP contribution is -2.09. The number of aromatic nitrogens is 5. The number of anilines is 1. The summed E-state index contributed by atoms with van der Waals surface area (Å²) in [7, 11) is -3.42. The molecule has 0 radical (unpaired) electrons. The first-order valence-corrected chi connectivity index (χ1v) is 13.2. The Morgan fingerprint density at radius 3 is 2.61 bits per heavy atom. The third-order valence-corrected chi connectivity index (χ3v) is 6.74. The van der Waals surface area contributed by atoms with Gasteiger partial charge in [0, 0.05) is 40.2 Å². The SMILES string of the molecule is CS(=O)(=O)Nc1cncc(-c2cnc3[nH]nc(-c4cc5c([nH]4)CCC=C5c4ccc(F)cc4)c3c2)c1. The minimum atomic E-state index is -3.42. The minimum Gasteiger partial charge on any atom is -0.357 e. The fraction of sp³-hybridized carbons (Fsp3) is 0.115. The van der Waals surface area contributed by atoms with Crippen molar-refractivity contribution >= 4 is 32.3 Å². The van der Waals surface area contributed by atoms with Crippen LogP contribution in [0.4, 0.5) is 10.1 Å². The van der Waals surface area contributed by atoms with E-state index in [4.69, 9.17) is 0 Å². The van der Waals surface area contributed by atoms with E-state index in [1.807, 2.05) is 6.07 Å². The highest BCUT2D eigenvalue weighted by Crippen LogP contribution is 2.36. The van der Waals surface area contributed by atoms with E-state index in [-0.39, 0.29) is 5.82 Å². The summed E-state index contributed by atoms with van der Waals surface area (Å²) in [5.41, 5.74) is 8.30. The molecule has 0 unspecified atom stereocenters.